The molecule has 178 valence electrons. The molecule has 0 bridgehead atoms. The van der Waals surface area contributed by atoms with Crippen molar-refractivity contribution in [1.82, 2.24) is 4.90 Å². The Balaban J connectivity index is 1.56. The molecule has 0 aromatic heterocycles. The van der Waals surface area contributed by atoms with Gasteiger partial charge in [-0.25, -0.2) is 4.79 Å². The fourth-order valence-electron chi connectivity index (χ4n) is 3.78. The van der Waals surface area contributed by atoms with Gasteiger partial charge in [0.1, 0.15) is 11.8 Å². The number of phenolic OH excluding ortho intramolecular Hbond substituents is 1. The van der Waals surface area contributed by atoms with Crippen LogP contribution in [0.25, 0.3) is 0 Å². The normalized spacial score (nSPS) is 13.9. The standard InChI is InChI=1S/C26H20Cl2N2O5/c1-2-35-26(34)22(30-24(32)19-5-3-4-6-20(19)25(30)33)11-15-7-9-18(10-8-15)29-14-16-12-17(27)13-21(28)23(16)31/h3-10,12-14,22,31H,2,11H2,1H3. The second-order valence-corrected chi connectivity index (χ2v) is 8.59. The Labute approximate surface area is 211 Å². The summed E-state index contributed by atoms with van der Waals surface area (Å²) in [5.74, 6) is -1.83. The zero-order chi connectivity index (χ0) is 25.1. The molecule has 0 saturated carbocycles. The number of fused-ring (bicyclic) bond motifs is 1. The first-order chi connectivity index (χ1) is 16.8. The van der Waals surface area contributed by atoms with Gasteiger partial charge in [-0.15, -0.1) is 0 Å². The second kappa shape index (κ2) is 10.3. The highest BCUT2D eigenvalue weighted by atomic mass is 35.5. The summed E-state index contributed by atoms with van der Waals surface area (Å²) < 4.78 is 5.17. The molecule has 4 rings (SSSR count). The van der Waals surface area contributed by atoms with Gasteiger partial charge < -0.3 is 9.84 Å². The lowest BCUT2D eigenvalue weighted by Gasteiger charge is -2.24. The molecule has 1 N–H and O–H groups in total. The number of hydrogen-bond donors (Lipinski definition) is 1. The van der Waals surface area contributed by atoms with E-state index in [1.807, 2.05) is 0 Å². The van der Waals surface area contributed by atoms with Crippen LogP contribution in [-0.2, 0) is 16.0 Å². The lowest BCUT2D eigenvalue weighted by atomic mass is 10.0. The van der Waals surface area contributed by atoms with Crippen molar-refractivity contribution in [2.75, 3.05) is 6.61 Å². The zero-order valence-corrected chi connectivity index (χ0v) is 20.1. The van der Waals surface area contributed by atoms with Crippen molar-refractivity contribution in [2.45, 2.75) is 19.4 Å². The second-order valence-electron chi connectivity index (χ2n) is 7.75. The quantitative estimate of drug-likeness (QED) is 0.267. The summed E-state index contributed by atoms with van der Waals surface area (Å²) in [7, 11) is 0. The summed E-state index contributed by atoms with van der Waals surface area (Å²) in [4.78, 5) is 43.9. The molecular weight excluding hydrogens is 491 g/mol. The maximum atomic E-state index is 12.9. The van der Waals surface area contributed by atoms with Gasteiger partial charge in [-0.3, -0.25) is 19.5 Å². The topological polar surface area (TPSA) is 96.3 Å². The molecule has 1 atom stereocenters. The number of imide groups is 1. The number of aromatic hydroxyl groups is 1. The van der Waals surface area contributed by atoms with Crippen molar-refractivity contribution in [3.63, 3.8) is 0 Å². The molecule has 3 aromatic rings. The monoisotopic (exact) mass is 510 g/mol. The maximum Gasteiger partial charge on any atom is 0.329 e. The van der Waals surface area contributed by atoms with Gasteiger partial charge in [0.25, 0.3) is 11.8 Å². The maximum absolute atomic E-state index is 12.9. The van der Waals surface area contributed by atoms with E-state index in [4.69, 9.17) is 27.9 Å². The fraction of sp³-hybridized carbons (Fsp3) is 0.154. The molecule has 1 heterocycles. The highest BCUT2D eigenvalue weighted by Crippen LogP contribution is 2.31. The molecule has 7 nitrogen and oxygen atoms in total. The Bertz CT molecular complexity index is 1300. The number of aliphatic imine (C=N–C) groups is 1. The summed E-state index contributed by atoms with van der Waals surface area (Å²) >= 11 is 11.9. The third kappa shape index (κ3) is 5.06. The van der Waals surface area contributed by atoms with E-state index in [9.17, 15) is 19.5 Å². The Morgan fingerprint density at radius 1 is 1.06 bits per heavy atom. The number of phenols is 1. The van der Waals surface area contributed by atoms with Crippen LogP contribution in [0.3, 0.4) is 0 Å². The van der Waals surface area contributed by atoms with Crippen LogP contribution in [0.4, 0.5) is 5.69 Å². The number of nitrogens with zero attached hydrogens (tertiary/aromatic N) is 2. The van der Waals surface area contributed by atoms with Crippen LogP contribution in [0.2, 0.25) is 10.0 Å². The summed E-state index contributed by atoms with van der Waals surface area (Å²) in [6, 6.07) is 15.2. The van der Waals surface area contributed by atoms with E-state index in [-0.39, 0.29) is 34.9 Å². The van der Waals surface area contributed by atoms with Gasteiger partial charge in [-0.2, -0.15) is 0 Å². The van der Waals surface area contributed by atoms with E-state index in [2.05, 4.69) is 4.99 Å². The van der Waals surface area contributed by atoms with Gasteiger partial charge in [0.15, 0.2) is 0 Å². The first-order valence-electron chi connectivity index (χ1n) is 10.7. The van der Waals surface area contributed by atoms with E-state index in [0.29, 0.717) is 21.8 Å². The highest BCUT2D eigenvalue weighted by Gasteiger charge is 2.43. The van der Waals surface area contributed by atoms with Crippen LogP contribution in [0.15, 0.2) is 65.7 Å². The molecular formula is C26H20Cl2N2O5. The van der Waals surface area contributed by atoms with Crippen molar-refractivity contribution < 1.29 is 24.2 Å². The number of amides is 2. The predicted molar refractivity (Wildman–Crippen MR) is 133 cm³/mol. The SMILES string of the molecule is CCOC(=O)C(Cc1ccc(N=Cc2cc(Cl)cc(Cl)c2O)cc1)N1C(=O)c2ccccc2C1=O. The molecule has 3 aromatic carbocycles. The van der Waals surface area contributed by atoms with Crippen molar-refractivity contribution in [3.05, 3.63) is 93.0 Å². The highest BCUT2D eigenvalue weighted by molar-refractivity contribution is 6.36. The first kappa shape index (κ1) is 24.4. The Morgan fingerprint density at radius 2 is 1.69 bits per heavy atom. The van der Waals surface area contributed by atoms with Gasteiger partial charge in [0.2, 0.25) is 0 Å². The number of rotatable bonds is 7. The summed E-state index contributed by atoms with van der Waals surface area (Å²) in [5.41, 5.74) is 2.16. The Morgan fingerprint density at radius 3 is 2.29 bits per heavy atom. The number of esters is 1. The van der Waals surface area contributed by atoms with E-state index in [1.54, 1.807) is 55.5 Å². The van der Waals surface area contributed by atoms with Crippen LogP contribution < -0.4 is 0 Å². The average Bonchev–Trinajstić information content (AvgIpc) is 3.10. The largest absolute Gasteiger partial charge is 0.506 e. The number of hydrogen-bond acceptors (Lipinski definition) is 6. The minimum Gasteiger partial charge on any atom is -0.506 e. The molecule has 0 fully saturated rings. The van der Waals surface area contributed by atoms with E-state index in [1.165, 1.54) is 18.3 Å². The summed E-state index contributed by atoms with van der Waals surface area (Å²) in [6.45, 7) is 1.78. The van der Waals surface area contributed by atoms with E-state index < -0.39 is 23.8 Å². The van der Waals surface area contributed by atoms with Crippen LogP contribution >= 0.6 is 23.2 Å². The number of ether oxygens (including phenoxy) is 1. The molecule has 0 spiro atoms. The van der Waals surface area contributed by atoms with Gasteiger partial charge in [-0.05, 0) is 48.9 Å². The molecule has 9 heteroatoms. The van der Waals surface area contributed by atoms with Crippen molar-refractivity contribution in [2.24, 2.45) is 4.99 Å². The third-order valence-corrected chi connectivity index (χ3v) is 5.98. The Hall–Kier alpha value is -3.68. The lowest BCUT2D eigenvalue weighted by molar-refractivity contribution is -0.147. The third-order valence-electron chi connectivity index (χ3n) is 5.47. The van der Waals surface area contributed by atoms with Crippen molar-refractivity contribution in [1.29, 1.82) is 0 Å². The van der Waals surface area contributed by atoms with E-state index >= 15 is 0 Å². The molecule has 0 radical (unpaired) electrons. The smallest absolute Gasteiger partial charge is 0.329 e. The molecule has 35 heavy (non-hydrogen) atoms. The van der Waals surface area contributed by atoms with Gasteiger partial charge in [-0.1, -0.05) is 47.5 Å². The molecule has 1 aliphatic heterocycles. The van der Waals surface area contributed by atoms with Crippen molar-refractivity contribution in [3.8, 4) is 5.75 Å². The first-order valence-corrected chi connectivity index (χ1v) is 11.5. The number of benzene rings is 3. The number of carbonyl (C=O) groups excluding carboxylic acids is 3. The lowest BCUT2D eigenvalue weighted by Crippen LogP contribution is -2.47. The van der Waals surface area contributed by atoms with E-state index in [0.717, 1.165) is 4.90 Å². The zero-order valence-electron chi connectivity index (χ0n) is 18.6. The van der Waals surface area contributed by atoms with Gasteiger partial charge >= 0.3 is 5.97 Å². The van der Waals surface area contributed by atoms with Crippen LogP contribution in [-0.4, -0.2) is 46.7 Å². The van der Waals surface area contributed by atoms with Gasteiger partial charge in [0, 0.05) is 23.2 Å². The summed E-state index contributed by atoms with van der Waals surface area (Å²) in [5, 5.41) is 10.5. The summed E-state index contributed by atoms with van der Waals surface area (Å²) in [6.07, 6.45) is 1.52. The minimum atomic E-state index is -1.11. The predicted octanol–water partition coefficient (Wildman–Crippen LogP) is 5.22. The molecule has 1 aliphatic rings. The van der Waals surface area contributed by atoms with Crippen molar-refractivity contribution >= 4 is 52.9 Å². The Kier molecular flexibility index (Phi) is 7.19. The van der Waals surface area contributed by atoms with Crippen LogP contribution in [0.1, 0.15) is 38.8 Å². The average molecular weight is 511 g/mol. The molecule has 0 aliphatic carbocycles. The van der Waals surface area contributed by atoms with Crippen LogP contribution in [0.5, 0.6) is 5.75 Å². The fourth-order valence-corrected chi connectivity index (χ4v) is 4.29. The molecule has 1 unspecified atom stereocenters. The number of carbonyl (C=O) groups is 3. The van der Waals surface area contributed by atoms with Gasteiger partial charge in [0.05, 0.1) is 28.4 Å². The molecule has 0 saturated heterocycles. The number of halogens is 2. The van der Waals surface area contributed by atoms with Crippen LogP contribution in [0, 0.1) is 0 Å². The molecule has 2 amide bonds. The minimum absolute atomic E-state index is 0.0823.